The van der Waals surface area contributed by atoms with Crippen LogP contribution in [0.25, 0.3) is 0 Å². The molecule has 0 radical (unpaired) electrons. The van der Waals surface area contributed by atoms with Crippen LogP contribution in [0.2, 0.25) is 0 Å². The van der Waals surface area contributed by atoms with Gasteiger partial charge in [0.05, 0.1) is 19.7 Å². The van der Waals surface area contributed by atoms with Crippen LogP contribution in [0.1, 0.15) is 13.8 Å². The zero-order valence-corrected chi connectivity index (χ0v) is 18.4. The van der Waals surface area contributed by atoms with Crippen LogP contribution in [0.3, 0.4) is 0 Å². The summed E-state index contributed by atoms with van der Waals surface area (Å²) in [5.74, 6) is -1.15. The van der Waals surface area contributed by atoms with Crippen LogP contribution >= 0.6 is 0 Å². The topological polar surface area (TPSA) is 100 Å². The van der Waals surface area contributed by atoms with Gasteiger partial charge in [0.15, 0.2) is 0 Å². The Morgan fingerprint density at radius 1 is 0.824 bits per heavy atom. The van der Waals surface area contributed by atoms with Crippen molar-refractivity contribution in [2.24, 2.45) is 0 Å². The summed E-state index contributed by atoms with van der Waals surface area (Å²) in [6.07, 6.45) is 0. The molecule has 0 saturated heterocycles. The Labute approximate surface area is 193 Å². The summed E-state index contributed by atoms with van der Waals surface area (Å²) in [5, 5.41) is 14.9. The largest absolute Gasteiger partial charge is 0.435 e. The molecule has 0 aliphatic rings. The maximum atomic E-state index is 12.5. The fourth-order valence-electron chi connectivity index (χ4n) is 2.77. The standard InChI is InChI=1S/C22H25F4N3O5/c1-22(2,13-30)29(11-18(31)27-14-3-7-16(8-4-14)33-20(23)24)12-19(32)28-15-5-9-17(10-6-15)34-21(25)26/h3-10,20-21,30H,11-13H2,1-2H3,(H,27,31)(H,28,32). The lowest BCUT2D eigenvalue weighted by Gasteiger charge is -2.36. The zero-order valence-electron chi connectivity index (χ0n) is 18.4. The fourth-order valence-corrected chi connectivity index (χ4v) is 2.77. The van der Waals surface area contributed by atoms with Gasteiger partial charge in [0.2, 0.25) is 11.8 Å². The number of alkyl halides is 4. The van der Waals surface area contributed by atoms with Crippen LogP contribution in [-0.2, 0) is 9.59 Å². The highest BCUT2D eigenvalue weighted by atomic mass is 19.3. The van der Waals surface area contributed by atoms with Gasteiger partial charge in [-0.25, -0.2) is 0 Å². The number of carbonyl (C=O) groups is 2. The number of hydrogen-bond donors (Lipinski definition) is 3. The van der Waals surface area contributed by atoms with Crippen molar-refractivity contribution >= 4 is 23.2 Å². The van der Waals surface area contributed by atoms with Crippen molar-refractivity contribution in [3.05, 3.63) is 48.5 Å². The third-order valence-corrected chi connectivity index (χ3v) is 4.64. The Kier molecular flexibility index (Phi) is 9.63. The molecule has 12 heteroatoms. The number of nitrogens with zero attached hydrogens (tertiary/aromatic N) is 1. The second-order valence-electron chi connectivity index (χ2n) is 7.73. The molecule has 0 saturated carbocycles. The van der Waals surface area contributed by atoms with Gasteiger partial charge in [0.1, 0.15) is 11.5 Å². The smallest absolute Gasteiger partial charge is 0.387 e. The lowest BCUT2D eigenvalue weighted by atomic mass is 10.0. The van der Waals surface area contributed by atoms with Crippen molar-refractivity contribution in [3.8, 4) is 11.5 Å². The number of hydrogen-bond acceptors (Lipinski definition) is 6. The molecule has 0 unspecified atom stereocenters. The number of halogens is 4. The molecule has 0 atom stereocenters. The molecular formula is C22H25F4N3O5. The van der Waals surface area contributed by atoms with E-state index in [1.54, 1.807) is 13.8 Å². The minimum atomic E-state index is -2.97. The number of aliphatic hydroxyl groups excluding tert-OH is 1. The quantitative estimate of drug-likeness (QED) is 0.396. The van der Waals surface area contributed by atoms with E-state index in [2.05, 4.69) is 20.1 Å². The third-order valence-electron chi connectivity index (χ3n) is 4.64. The van der Waals surface area contributed by atoms with Crippen LogP contribution in [-0.4, -0.2) is 60.3 Å². The van der Waals surface area contributed by atoms with Crippen molar-refractivity contribution in [2.45, 2.75) is 32.6 Å². The van der Waals surface area contributed by atoms with E-state index in [9.17, 15) is 32.3 Å². The van der Waals surface area contributed by atoms with E-state index >= 15 is 0 Å². The highest BCUT2D eigenvalue weighted by Gasteiger charge is 2.29. The Hall–Kier alpha value is -3.38. The van der Waals surface area contributed by atoms with Crippen molar-refractivity contribution in [1.29, 1.82) is 0 Å². The first-order valence-corrected chi connectivity index (χ1v) is 10.0. The van der Waals surface area contributed by atoms with E-state index in [0.717, 1.165) is 0 Å². The molecule has 2 rings (SSSR count). The average molecular weight is 487 g/mol. The van der Waals surface area contributed by atoms with Gasteiger partial charge in [0, 0.05) is 16.9 Å². The number of aliphatic hydroxyl groups is 1. The maximum Gasteiger partial charge on any atom is 0.387 e. The van der Waals surface area contributed by atoms with Gasteiger partial charge < -0.3 is 25.2 Å². The van der Waals surface area contributed by atoms with Gasteiger partial charge in [-0.15, -0.1) is 0 Å². The molecular weight excluding hydrogens is 462 g/mol. The normalized spacial score (nSPS) is 11.6. The van der Waals surface area contributed by atoms with Gasteiger partial charge in [0.25, 0.3) is 0 Å². The maximum absolute atomic E-state index is 12.5. The predicted octanol–water partition coefficient (Wildman–Crippen LogP) is 3.54. The van der Waals surface area contributed by atoms with Gasteiger partial charge in [-0.2, -0.15) is 17.6 Å². The monoisotopic (exact) mass is 487 g/mol. The second-order valence-corrected chi connectivity index (χ2v) is 7.73. The average Bonchev–Trinajstić information content (AvgIpc) is 2.75. The molecule has 0 fully saturated rings. The molecule has 2 aromatic rings. The number of rotatable bonds is 12. The molecule has 0 aliphatic heterocycles. The highest BCUT2D eigenvalue weighted by molar-refractivity contribution is 5.94. The third kappa shape index (κ3) is 8.87. The Morgan fingerprint density at radius 3 is 1.47 bits per heavy atom. The van der Waals surface area contributed by atoms with Crippen molar-refractivity contribution in [3.63, 3.8) is 0 Å². The molecule has 3 N–H and O–H groups in total. The van der Waals surface area contributed by atoms with Crippen LogP contribution in [0.4, 0.5) is 28.9 Å². The predicted molar refractivity (Wildman–Crippen MR) is 116 cm³/mol. The minimum absolute atomic E-state index is 0.0680. The summed E-state index contributed by atoms with van der Waals surface area (Å²) in [6.45, 7) is -3.54. The van der Waals surface area contributed by atoms with E-state index in [1.807, 2.05) is 0 Å². The molecule has 0 bridgehead atoms. The minimum Gasteiger partial charge on any atom is -0.435 e. The zero-order chi connectivity index (χ0) is 25.3. The van der Waals surface area contributed by atoms with E-state index in [0.29, 0.717) is 11.4 Å². The molecule has 0 aliphatic carbocycles. The molecule has 186 valence electrons. The first-order chi connectivity index (χ1) is 16.0. The van der Waals surface area contributed by atoms with E-state index in [-0.39, 0.29) is 31.2 Å². The molecule has 2 aromatic carbocycles. The number of benzene rings is 2. The van der Waals surface area contributed by atoms with E-state index in [4.69, 9.17) is 0 Å². The van der Waals surface area contributed by atoms with Crippen LogP contribution < -0.4 is 20.1 Å². The first kappa shape index (κ1) is 26.9. The summed E-state index contributed by atoms with van der Waals surface area (Å²) in [7, 11) is 0. The van der Waals surface area contributed by atoms with Gasteiger partial charge in [-0.1, -0.05) is 0 Å². The highest BCUT2D eigenvalue weighted by Crippen LogP contribution is 2.20. The Morgan fingerprint density at radius 2 is 1.18 bits per heavy atom. The Bertz CT molecular complexity index is 871. The molecule has 34 heavy (non-hydrogen) atoms. The summed E-state index contributed by atoms with van der Waals surface area (Å²) < 4.78 is 57.5. The van der Waals surface area contributed by atoms with Crippen LogP contribution in [0.5, 0.6) is 11.5 Å². The second kappa shape index (κ2) is 12.2. The van der Waals surface area contributed by atoms with Gasteiger partial charge in [-0.3, -0.25) is 14.5 Å². The number of amides is 2. The molecule has 2 amide bonds. The summed E-state index contributed by atoms with van der Waals surface area (Å²) in [6, 6.07) is 10.6. The fraction of sp³-hybridized carbons (Fsp3) is 0.364. The van der Waals surface area contributed by atoms with E-state index in [1.165, 1.54) is 53.4 Å². The molecule has 0 aromatic heterocycles. The lowest BCUT2D eigenvalue weighted by molar-refractivity contribution is -0.123. The summed E-state index contributed by atoms with van der Waals surface area (Å²) in [5.41, 5.74) is -0.300. The molecule has 8 nitrogen and oxygen atoms in total. The summed E-state index contributed by atoms with van der Waals surface area (Å²) >= 11 is 0. The van der Waals surface area contributed by atoms with E-state index < -0.39 is 30.6 Å². The number of anilines is 2. The summed E-state index contributed by atoms with van der Waals surface area (Å²) in [4.78, 5) is 26.5. The van der Waals surface area contributed by atoms with Crippen LogP contribution in [0.15, 0.2) is 48.5 Å². The van der Waals surface area contributed by atoms with Crippen LogP contribution in [0, 0.1) is 0 Å². The lowest BCUT2D eigenvalue weighted by Crippen LogP contribution is -2.52. The van der Waals surface area contributed by atoms with Crippen molar-refractivity contribution in [1.82, 2.24) is 4.90 Å². The first-order valence-electron chi connectivity index (χ1n) is 10.0. The van der Waals surface area contributed by atoms with Gasteiger partial charge in [-0.05, 0) is 62.4 Å². The molecule has 0 heterocycles. The van der Waals surface area contributed by atoms with Gasteiger partial charge >= 0.3 is 13.2 Å². The number of nitrogens with one attached hydrogen (secondary N) is 2. The Balaban J connectivity index is 1.99. The molecule has 0 spiro atoms. The number of carbonyl (C=O) groups excluding carboxylic acids is 2. The SMILES string of the molecule is CC(C)(CO)N(CC(=O)Nc1ccc(OC(F)F)cc1)CC(=O)Nc1ccc(OC(F)F)cc1. The van der Waals surface area contributed by atoms with Crippen molar-refractivity contribution < 1.29 is 41.7 Å². The van der Waals surface area contributed by atoms with Crippen molar-refractivity contribution in [2.75, 3.05) is 30.3 Å². The number of ether oxygens (including phenoxy) is 2.